The normalized spacial score (nSPS) is 11.1. The number of anilines is 1. The Kier molecular flexibility index (Phi) is 1.94. The highest BCUT2D eigenvalue weighted by atomic mass is 32.1. The maximum atomic E-state index is 5.49. The summed E-state index contributed by atoms with van der Waals surface area (Å²) >= 11 is 1.68. The number of aromatic nitrogens is 2. The van der Waals surface area contributed by atoms with Gasteiger partial charge >= 0.3 is 0 Å². The molecule has 80 valence electrons. The number of nitrogens with two attached hydrogens (primary N) is 1. The molecule has 2 N–H and O–H groups in total. The number of benzene rings is 1. The number of nitrogen functional groups attached to an aromatic ring is 1. The molecular weight excluding hydrogens is 222 g/mol. The second-order valence-corrected chi connectivity index (χ2v) is 4.76. The first-order valence-electron chi connectivity index (χ1n) is 4.82. The number of rotatable bonds is 1. The van der Waals surface area contributed by atoms with Crippen molar-refractivity contribution in [2.45, 2.75) is 6.92 Å². The van der Waals surface area contributed by atoms with Gasteiger partial charge in [0.25, 0.3) is 0 Å². The lowest BCUT2D eigenvalue weighted by Gasteiger charge is -1.94. The third kappa shape index (κ3) is 1.45. The van der Waals surface area contributed by atoms with E-state index >= 15 is 0 Å². The summed E-state index contributed by atoms with van der Waals surface area (Å²) < 4.78 is 6.02. The zero-order valence-corrected chi connectivity index (χ0v) is 9.41. The molecule has 3 aromatic rings. The van der Waals surface area contributed by atoms with Crippen molar-refractivity contribution in [1.29, 1.82) is 0 Å². The summed E-state index contributed by atoms with van der Waals surface area (Å²) in [4.78, 5) is 4.43. The predicted octanol–water partition coefficient (Wildman–Crippen LogP) is 2.84. The SMILES string of the molecule is Cc1nc2cc(-c3cc(N)on3)ccc2s1. The zero-order chi connectivity index (χ0) is 11.1. The predicted molar refractivity (Wildman–Crippen MR) is 64.3 cm³/mol. The lowest BCUT2D eigenvalue weighted by atomic mass is 10.1. The first-order chi connectivity index (χ1) is 7.72. The quantitative estimate of drug-likeness (QED) is 0.699. The van der Waals surface area contributed by atoms with Crippen LogP contribution in [0.2, 0.25) is 0 Å². The number of hydrogen-bond donors (Lipinski definition) is 1. The molecule has 0 saturated heterocycles. The van der Waals surface area contributed by atoms with Gasteiger partial charge in [0.1, 0.15) is 5.69 Å². The van der Waals surface area contributed by atoms with Gasteiger partial charge in [0.2, 0.25) is 5.88 Å². The smallest absolute Gasteiger partial charge is 0.222 e. The first-order valence-corrected chi connectivity index (χ1v) is 5.64. The van der Waals surface area contributed by atoms with Crippen LogP contribution in [-0.2, 0) is 0 Å². The summed E-state index contributed by atoms with van der Waals surface area (Å²) in [5.74, 6) is 0.324. The van der Waals surface area contributed by atoms with E-state index in [4.69, 9.17) is 10.3 Å². The van der Waals surface area contributed by atoms with E-state index in [-0.39, 0.29) is 0 Å². The average Bonchev–Trinajstić information content (AvgIpc) is 2.81. The lowest BCUT2D eigenvalue weighted by molar-refractivity contribution is 0.439. The molecule has 16 heavy (non-hydrogen) atoms. The van der Waals surface area contributed by atoms with Gasteiger partial charge < -0.3 is 10.3 Å². The Morgan fingerprint density at radius 1 is 1.31 bits per heavy atom. The Morgan fingerprint density at radius 3 is 2.94 bits per heavy atom. The molecule has 2 heterocycles. The summed E-state index contributed by atoms with van der Waals surface area (Å²) in [6.07, 6.45) is 0. The first kappa shape index (κ1) is 9.35. The third-order valence-corrected chi connectivity index (χ3v) is 3.27. The van der Waals surface area contributed by atoms with Gasteiger partial charge in [-0.25, -0.2) is 4.98 Å². The van der Waals surface area contributed by atoms with Crippen molar-refractivity contribution in [3.63, 3.8) is 0 Å². The van der Waals surface area contributed by atoms with E-state index in [1.807, 2.05) is 25.1 Å². The van der Waals surface area contributed by atoms with Crippen LogP contribution in [0.5, 0.6) is 0 Å². The number of thiazole rings is 1. The molecule has 0 amide bonds. The molecule has 0 radical (unpaired) electrons. The van der Waals surface area contributed by atoms with Crippen LogP contribution in [0.1, 0.15) is 5.01 Å². The maximum absolute atomic E-state index is 5.49. The highest BCUT2D eigenvalue weighted by molar-refractivity contribution is 7.18. The Morgan fingerprint density at radius 2 is 2.19 bits per heavy atom. The second-order valence-electron chi connectivity index (χ2n) is 3.53. The minimum Gasteiger partial charge on any atom is -0.368 e. The molecule has 2 aromatic heterocycles. The molecule has 5 heteroatoms. The van der Waals surface area contributed by atoms with Crippen LogP contribution in [-0.4, -0.2) is 10.1 Å². The lowest BCUT2D eigenvalue weighted by Crippen LogP contribution is -1.78. The molecular formula is C11H9N3OS. The standard InChI is InChI=1S/C11H9N3OS/c1-6-13-9-4-7(2-3-10(9)16-6)8-5-11(12)15-14-8/h2-5H,12H2,1H3. The van der Waals surface area contributed by atoms with Crippen LogP contribution < -0.4 is 5.73 Å². The van der Waals surface area contributed by atoms with Crippen LogP contribution in [0.3, 0.4) is 0 Å². The molecule has 3 rings (SSSR count). The minimum atomic E-state index is 0.324. The topological polar surface area (TPSA) is 64.9 Å². The fourth-order valence-corrected chi connectivity index (χ4v) is 2.43. The van der Waals surface area contributed by atoms with Crippen molar-refractivity contribution in [2.24, 2.45) is 0 Å². The molecule has 0 aliphatic heterocycles. The summed E-state index contributed by atoms with van der Waals surface area (Å²) in [5.41, 5.74) is 8.19. The van der Waals surface area contributed by atoms with E-state index in [1.165, 1.54) is 4.70 Å². The molecule has 0 spiro atoms. The highest BCUT2D eigenvalue weighted by Gasteiger charge is 2.07. The van der Waals surface area contributed by atoms with Gasteiger partial charge in [-0.1, -0.05) is 11.2 Å². The van der Waals surface area contributed by atoms with Crippen LogP contribution in [0, 0.1) is 6.92 Å². The minimum absolute atomic E-state index is 0.324. The van der Waals surface area contributed by atoms with Gasteiger partial charge in [-0.2, -0.15) is 0 Å². The fraction of sp³-hybridized carbons (Fsp3) is 0.0909. The Balaban J connectivity index is 2.17. The summed E-state index contributed by atoms with van der Waals surface area (Å²) in [5, 5.41) is 4.94. The fourth-order valence-electron chi connectivity index (χ4n) is 1.63. The van der Waals surface area contributed by atoms with Crippen molar-refractivity contribution >= 4 is 27.4 Å². The van der Waals surface area contributed by atoms with Gasteiger partial charge in [0, 0.05) is 11.6 Å². The monoisotopic (exact) mass is 231 g/mol. The third-order valence-electron chi connectivity index (χ3n) is 2.32. The van der Waals surface area contributed by atoms with Gasteiger partial charge in [-0.15, -0.1) is 11.3 Å². The molecule has 0 bridgehead atoms. The molecule has 1 aromatic carbocycles. The van der Waals surface area contributed by atoms with E-state index in [0.29, 0.717) is 5.88 Å². The molecule has 0 unspecified atom stereocenters. The van der Waals surface area contributed by atoms with Gasteiger partial charge in [-0.3, -0.25) is 0 Å². The van der Waals surface area contributed by atoms with Crippen LogP contribution in [0.25, 0.3) is 21.5 Å². The van der Waals surface area contributed by atoms with Gasteiger partial charge in [0.15, 0.2) is 0 Å². The summed E-state index contributed by atoms with van der Waals surface area (Å²) in [7, 11) is 0. The highest BCUT2D eigenvalue weighted by Crippen LogP contribution is 2.27. The van der Waals surface area contributed by atoms with E-state index in [1.54, 1.807) is 17.4 Å². The van der Waals surface area contributed by atoms with Crippen molar-refractivity contribution in [1.82, 2.24) is 10.1 Å². The van der Waals surface area contributed by atoms with E-state index in [0.717, 1.165) is 21.8 Å². The molecule has 0 fully saturated rings. The number of nitrogens with zero attached hydrogens (tertiary/aromatic N) is 2. The Labute approximate surface area is 95.7 Å². The summed E-state index contributed by atoms with van der Waals surface area (Å²) in [6, 6.07) is 7.74. The molecule has 0 aliphatic rings. The number of hydrogen-bond acceptors (Lipinski definition) is 5. The molecule has 0 saturated carbocycles. The van der Waals surface area contributed by atoms with Crippen molar-refractivity contribution in [3.8, 4) is 11.3 Å². The van der Waals surface area contributed by atoms with Crippen LogP contribution >= 0.6 is 11.3 Å². The van der Waals surface area contributed by atoms with Crippen LogP contribution in [0.4, 0.5) is 5.88 Å². The Hall–Kier alpha value is -1.88. The largest absolute Gasteiger partial charge is 0.368 e. The molecule has 0 aliphatic carbocycles. The van der Waals surface area contributed by atoms with Crippen molar-refractivity contribution in [2.75, 3.05) is 5.73 Å². The van der Waals surface area contributed by atoms with Gasteiger partial charge in [-0.05, 0) is 19.1 Å². The maximum Gasteiger partial charge on any atom is 0.222 e. The van der Waals surface area contributed by atoms with Gasteiger partial charge in [0.05, 0.1) is 15.2 Å². The van der Waals surface area contributed by atoms with Crippen LogP contribution in [0.15, 0.2) is 28.8 Å². The summed E-state index contributed by atoms with van der Waals surface area (Å²) in [6.45, 7) is 2.00. The van der Waals surface area contributed by atoms with E-state index in [9.17, 15) is 0 Å². The van der Waals surface area contributed by atoms with Crippen molar-refractivity contribution in [3.05, 3.63) is 29.3 Å². The number of aryl methyl sites for hydroxylation is 1. The number of fused-ring (bicyclic) bond motifs is 1. The van der Waals surface area contributed by atoms with Crippen molar-refractivity contribution < 1.29 is 4.52 Å². The Bertz CT molecular complexity index is 656. The second kappa shape index (κ2) is 3.31. The molecule has 0 atom stereocenters. The van der Waals surface area contributed by atoms with E-state index < -0.39 is 0 Å². The average molecular weight is 231 g/mol. The van der Waals surface area contributed by atoms with E-state index in [2.05, 4.69) is 10.1 Å². The molecule has 4 nitrogen and oxygen atoms in total. The zero-order valence-electron chi connectivity index (χ0n) is 8.60.